The molecule has 1 saturated heterocycles. The van der Waals surface area contributed by atoms with Gasteiger partial charge in [-0.15, -0.1) is 11.3 Å². The average Bonchev–Trinajstić information content (AvgIpc) is 3.22. The Balaban J connectivity index is 1.45. The van der Waals surface area contributed by atoms with Crippen molar-refractivity contribution in [2.24, 2.45) is 0 Å². The molecule has 1 fully saturated rings. The number of likely N-dealkylation sites (tertiary alicyclic amines) is 1. The molecular formula is C23H27N3O4S. The number of para-hydroxylation sites is 1. The van der Waals surface area contributed by atoms with Gasteiger partial charge in [0.1, 0.15) is 23.0 Å². The molecular weight excluding hydrogens is 414 g/mol. The van der Waals surface area contributed by atoms with Crippen LogP contribution in [0.5, 0.6) is 5.75 Å². The Labute approximate surface area is 185 Å². The molecule has 4 rings (SSSR count). The van der Waals surface area contributed by atoms with Gasteiger partial charge in [-0.25, -0.2) is 9.97 Å². The second-order valence-electron chi connectivity index (χ2n) is 7.95. The number of carbonyl (C=O) groups is 1. The zero-order chi connectivity index (χ0) is 22.0. The number of hydrogen-bond acceptors (Lipinski definition) is 7. The minimum absolute atomic E-state index is 0.172. The molecule has 0 radical (unpaired) electrons. The number of aryl methyl sites for hydroxylation is 3. The maximum Gasteiger partial charge on any atom is 0.291 e. The lowest BCUT2D eigenvalue weighted by atomic mass is 9.96. The van der Waals surface area contributed by atoms with Crippen LogP contribution >= 0.6 is 11.3 Å². The lowest BCUT2D eigenvalue weighted by Crippen LogP contribution is -2.33. The number of amides is 1. The van der Waals surface area contributed by atoms with Gasteiger partial charge in [0.2, 0.25) is 5.76 Å². The summed E-state index contributed by atoms with van der Waals surface area (Å²) >= 11 is 1.49. The average molecular weight is 442 g/mol. The standard InChI is InChI=1S/C23H27N3O4S/c1-15-19(14-29-18-8-5-4-6-9-18)31-22(25-15)23(28)10-7-12-26(13-11-23)21(27)20-16(2)24-17(3)30-20/h4-6,8-9,28H,7,10-14H2,1-3H3. The third kappa shape index (κ3) is 4.65. The normalized spacial score (nSPS) is 19.3. The summed E-state index contributed by atoms with van der Waals surface area (Å²) in [5, 5.41) is 12.1. The van der Waals surface area contributed by atoms with Crippen molar-refractivity contribution < 1.29 is 19.1 Å². The first-order valence-corrected chi connectivity index (χ1v) is 11.3. The van der Waals surface area contributed by atoms with Gasteiger partial charge in [0, 0.05) is 26.4 Å². The number of oxazole rings is 1. The van der Waals surface area contributed by atoms with Crippen molar-refractivity contribution in [3.05, 3.63) is 63.3 Å². The molecule has 1 aliphatic rings. The Morgan fingerprint density at radius 3 is 2.65 bits per heavy atom. The molecule has 0 spiro atoms. The number of benzene rings is 1. The van der Waals surface area contributed by atoms with Crippen LogP contribution in [-0.4, -0.2) is 39.0 Å². The minimum Gasteiger partial charge on any atom is -0.488 e. The van der Waals surface area contributed by atoms with E-state index in [1.54, 1.807) is 18.7 Å². The molecule has 1 atom stereocenters. The summed E-state index contributed by atoms with van der Waals surface area (Å²) in [6.45, 7) is 6.86. The van der Waals surface area contributed by atoms with Crippen LogP contribution in [0.3, 0.4) is 0 Å². The number of nitrogens with zero attached hydrogens (tertiary/aromatic N) is 3. The van der Waals surface area contributed by atoms with Crippen LogP contribution in [0.1, 0.15) is 57.0 Å². The fourth-order valence-corrected chi connectivity index (χ4v) is 4.96. The zero-order valence-corrected chi connectivity index (χ0v) is 18.9. The molecule has 1 amide bonds. The number of aliphatic hydroxyl groups is 1. The summed E-state index contributed by atoms with van der Waals surface area (Å²) in [6, 6.07) is 9.65. The van der Waals surface area contributed by atoms with Crippen molar-refractivity contribution in [1.29, 1.82) is 0 Å². The molecule has 0 saturated carbocycles. The third-order valence-electron chi connectivity index (χ3n) is 5.60. The van der Waals surface area contributed by atoms with Gasteiger partial charge in [0.15, 0.2) is 5.89 Å². The quantitative estimate of drug-likeness (QED) is 0.640. The molecule has 31 heavy (non-hydrogen) atoms. The van der Waals surface area contributed by atoms with Crippen LogP contribution < -0.4 is 4.74 Å². The summed E-state index contributed by atoms with van der Waals surface area (Å²) in [5.74, 6) is 1.40. The lowest BCUT2D eigenvalue weighted by Gasteiger charge is -2.24. The molecule has 3 aromatic rings. The molecule has 0 bridgehead atoms. The van der Waals surface area contributed by atoms with Crippen molar-refractivity contribution in [1.82, 2.24) is 14.9 Å². The minimum atomic E-state index is -1.05. The van der Waals surface area contributed by atoms with Gasteiger partial charge >= 0.3 is 0 Å². The van der Waals surface area contributed by atoms with Crippen molar-refractivity contribution in [3.8, 4) is 5.75 Å². The SMILES string of the molecule is Cc1nc(C)c(C(=O)N2CCCC(O)(c3nc(C)c(COc4ccccc4)s3)CC2)o1. The summed E-state index contributed by atoms with van der Waals surface area (Å²) < 4.78 is 11.4. The first-order chi connectivity index (χ1) is 14.9. The van der Waals surface area contributed by atoms with E-state index >= 15 is 0 Å². The van der Waals surface area contributed by atoms with E-state index in [1.807, 2.05) is 37.3 Å². The summed E-state index contributed by atoms with van der Waals surface area (Å²) in [6.07, 6.45) is 1.66. The van der Waals surface area contributed by atoms with Gasteiger partial charge in [-0.3, -0.25) is 4.79 Å². The van der Waals surface area contributed by atoms with Crippen LogP contribution in [-0.2, 0) is 12.2 Å². The smallest absolute Gasteiger partial charge is 0.291 e. The topological polar surface area (TPSA) is 88.7 Å². The molecule has 1 aromatic carbocycles. The second-order valence-corrected chi connectivity index (χ2v) is 9.04. The van der Waals surface area contributed by atoms with Gasteiger partial charge in [0.25, 0.3) is 5.91 Å². The lowest BCUT2D eigenvalue weighted by molar-refractivity contribution is 0.0208. The second kappa shape index (κ2) is 8.80. The Bertz CT molecular complexity index is 1060. The third-order valence-corrected chi connectivity index (χ3v) is 6.93. The molecule has 2 aromatic heterocycles. The fraction of sp³-hybridized carbons (Fsp3) is 0.435. The summed E-state index contributed by atoms with van der Waals surface area (Å²) in [7, 11) is 0. The van der Waals surface area contributed by atoms with E-state index < -0.39 is 5.60 Å². The van der Waals surface area contributed by atoms with Crippen LogP contribution in [0.2, 0.25) is 0 Å². The van der Waals surface area contributed by atoms with Crippen LogP contribution in [0.15, 0.2) is 34.7 Å². The molecule has 1 aliphatic heterocycles. The highest BCUT2D eigenvalue weighted by Crippen LogP contribution is 2.37. The van der Waals surface area contributed by atoms with E-state index in [9.17, 15) is 9.90 Å². The fourth-order valence-electron chi connectivity index (χ4n) is 3.84. The molecule has 1 unspecified atom stereocenters. The van der Waals surface area contributed by atoms with E-state index in [4.69, 9.17) is 9.15 Å². The van der Waals surface area contributed by atoms with Crippen molar-refractivity contribution in [2.75, 3.05) is 13.1 Å². The largest absolute Gasteiger partial charge is 0.488 e. The monoisotopic (exact) mass is 441 g/mol. The maximum absolute atomic E-state index is 12.9. The first-order valence-electron chi connectivity index (χ1n) is 10.5. The van der Waals surface area contributed by atoms with Crippen molar-refractivity contribution >= 4 is 17.2 Å². The van der Waals surface area contributed by atoms with E-state index in [2.05, 4.69) is 9.97 Å². The molecule has 0 aliphatic carbocycles. The first kappa shape index (κ1) is 21.5. The number of thiazole rings is 1. The molecule has 3 heterocycles. The predicted molar refractivity (Wildman–Crippen MR) is 117 cm³/mol. The van der Waals surface area contributed by atoms with Gasteiger partial charge in [-0.2, -0.15) is 0 Å². The van der Waals surface area contributed by atoms with Gasteiger partial charge < -0.3 is 19.2 Å². The van der Waals surface area contributed by atoms with Crippen LogP contribution in [0.4, 0.5) is 0 Å². The van der Waals surface area contributed by atoms with Crippen molar-refractivity contribution in [2.45, 2.75) is 52.2 Å². The Morgan fingerprint density at radius 2 is 1.94 bits per heavy atom. The highest BCUT2D eigenvalue weighted by atomic mass is 32.1. The summed E-state index contributed by atoms with van der Waals surface area (Å²) in [4.78, 5) is 24.5. The Hall–Kier alpha value is -2.71. The Kier molecular flexibility index (Phi) is 6.11. The molecule has 7 nitrogen and oxygen atoms in total. The zero-order valence-electron chi connectivity index (χ0n) is 18.1. The van der Waals surface area contributed by atoms with Crippen LogP contribution in [0, 0.1) is 20.8 Å². The highest BCUT2D eigenvalue weighted by molar-refractivity contribution is 7.11. The van der Waals surface area contributed by atoms with E-state index in [0.717, 1.165) is 16.3 Å². The number of hydrogen-bond donors (Lipinski definition) is 1. The van der Waals surface area contributed by atoms with E-state index in [0.29, 0.717) is 55.6 Å². The number of rotatable bonds is 5. The number of ether oxygens (including phenoxy) is 1. The predicted octanol–water partition coefficient (Wildman–Crippen LogP) is 4.15. The van der Waals surface area contributed by atoms with Gasteiger partial charge in [-0.05, 0) is 38.8 Å². The van der Waals surface area contributed by atoms with Gasteiger partial charge in [0.05, 0.1) is 16.3 Å². The maximum atomic E-state index is 12.9. The van der Waals surface area contributed by atoms with Crippen molar-refractivity contribution in [3.63, 3.8) is 0 Å². The number of carbonyl (C=O) groups excluding carboxylic acids is 1. The van der Waals surface area contributed by atoms with E-state index in [-0.39, 0.29) is 11.7 Å². The Morgan fingerprint density at radius 1 is 1.16 bits per heavy atom. The number of aromatic nitrogens is 2. The molecule has 1 N–H and O–H groups in total. The molecule has 8 heteroatoms. The van der Waals surface area contributed by atoms with Gasteiger partial charge in [-0.1, -0.05) is 18.2 Å². The van der Waals surface area contributed by atoms with E-state index in [1.165, 1.54) is 11.3 Å². The summed E-state index contributed by atoms with van der Waals surface area (Å²) in [5.41, 5.74) is 0.414. The highest BCUT2D eigenvalue weighted by Gasteiger charge is 2.37. The van der Waals surface area contributed by atoms with Crippen LogP contribution in [0.25, 0.3) is 0 Å². The molecule has 164 valence electrons.